The van der Waals surface area contributed by atoms with Crippen LogP contribution >= 0.6 is 23.2 Å². The molecule has 25 heavy (non-hydrogen) atoms. The van der Waals surface area contributed by atoms with Crippen LogP contribution in [0.4, 0.5) is 5.69 Å². The fourth-order valence-corrected chi connectivity index (χ4v) is 3.03. The number of anilines is 1. The molecular weight excluding hydrogens is 367 g/mol. The van der Waals surface area contributed by atoms with Gasteiger partial charge in [-0.05, 0) is 26.0 Å². The molecule has 3 amide bonds. The zero-order valence-electron chi connectivity index (χ0n) is 13.7. The van der Waals surface area contributed by atoms with Crippen LogP contribution in [0.2, 0.25) is 10.0 Å². The highest BCUT2D eigenvalue weighted by Gasteiger charge is 2.37. The third-order valence-corrected chi connectivity index (χ3v) is 4.81. The van der Waals surface area contributed by atoms with Crippen LogP contribution < -0.4 is 5.32 Å². The lowest BCUT2D eigenvalue weighted by Crippen LogP contribution is -2.37. The average molecular weight is 381 g/mol. The minimum atomic E-state index is -0.576. The molecule has 0 bridgehead atoms. The quantitative estimate of drug-likeness (QED) is 0.829. The summed E-state index contributed by atoms with van der Waals surface area (Å²) in [5.41, 5.74) is 2.26. The molecule has 1 aliphatic rings. The number of imide groups is 1. The number of hydrogen-bond donors (Lipinski definition) is 1. The molecule has 9 heteroatoms. The number of benzene rings is 1. The summed E-state index contributed by atoms with van der Waals surface area (Å²) in [6.45, 7) is 3.16. The first-order valence-electron chi connectivity index (χ1n) is 7.36. The number of hydrogen-bond acceptors (Lipinski definition) is 4. The molecule has 1 aromatic heterocycles. The maximum absolute atomic E-state index is 12.4. The lowest BCUT2D eigenvalue weighted by molar-refractivity contribution is -0.116. The first-order chi connectivity index (χ1) is 11.7. The number of aromatic nitrogens is 2. The molecule has 2 aromatic rings. The van der Waals surface area contributed by atoms with E-state index in [1.54, 1.807) is 18.7 Å². The second-order valence-corrected chi connectivity index (χ2v) is 6.54. The van der Waals surface area contributed by atoms with Crippen molar-refractivity contribution >= 4 is 46.6 Å². The van der Waals surface area contributed by atoms with Crippen molar-refractivity contribution in [2.75, 3.05) is 11.9 Å². The monoisotopic (exact) mass is 380 g/mol. The molecule has 0 spiro atoms. The van der Waals surface area contributed by atoms with Gasteiger partial charge in [-0.3, -0.25) is 24.0 Å². The van der Waals surface area contributed by atoms with Gasteiger partial charge in [0.05, 0.1) is 38.2 Å². The van der Waals surface area contributed by atoms with E-state index >= 15 is 0 Å². The highest BCUT2D eigenvalue weighted by atomic mass is 35.5. The van der Waals surface area contributed by atoms with Gasteiger partial charge in [-0.2, -0.15) is 5.10 Å². The number of rotatable bonds is 3. The number of fused-ring (bicyclic) bond motifs is 1. The Kier molecular flexibility index (Phi) is 4.30. The van der Waals surface area contributed by atoms with E-state index in [0.29, 0.717) is 11.4 Å². The van der Waals surface area contributed by atoms with Gasteiger partial charge >= 0.3 is 0 Å². The van der Waals surface area contributed by atoms with Gasteiger partial charge in [0.1, 0.15) is 6.54 Å². The van der Waals surface area contributed by atoms with E-state index in [4.69, 9.17) is 23.2 Å². The van der Waals surface area contributed by atoms with E-state index in [9.17, 15) is 14.4 Å². The van der Waals surface area contributed by atoms with Gasteiger partial charge in [0.2, 0.25) is 5.91 Å². The lowest BCUT2D eigenvalue weighted by atomic mass is 10.1. The van der Waals surface area contributed by atoms with Crippen molar-refractivity contribution in [2.24, 2.45) is 7.05 Å². The molecule has 0 atom stereocenters. The number of aryl methyl sites for hydroxylation is 2. The molecular formula is C16H14Cl2N4O3. The highest BCUT2D eigenvalue weighted by Crippen LogP contribution is 2.31. The molecule has 0 saturated carbocycles. The van der Waals surface area contributed by atoms with E-state index in [0.717, 1.165) is 10.6 Å². The first kappa shape index (κ1) is 17.4. The smallest absolute Gasteiger partial charge is 0.262 e. The number of nitrogens with zero attached hydrogens (tertiary/aromatic N) is 3. The van der Waals surface area contributed by atoms with Crippen LogP contribution in [-0.4, -0.2) is 38.9 Å². The van der Waals surface area contributed by atoms with E-state index in [1.807, 2.05) is 6.92 Å². The SMILES string of the molecule is Cc1nn(C)c(C)c1NC(=O)CN1C(=O)c2cc(Cl)c(Cl)cc2C1=O. The predicted octanol–water partition coefficient (Wildman–Crippen LogP) is 2.58. The standard InChI is InChI=1S/C16H14Cl2N4O3/c1-7-14(8(2)21(3)20-7)19-13(23)6-22-15(24)9-4-11(17)12(18)5-10(9)16(22)25/h4-5H,6H2,1-3H3,(H,19,23). The molecule has 1 N–H and O–H groups in total. The second-order valence-electron chi connectivity index (χ2n) is 5.73. The topological polar surface area (TPSA) is 84.3 Å². The van der Waals surface area contributed by atoms with E-state index in [1.165, 1.54) is 12.1 Å². The normalized spacial score (nSPS) is 13.4. The van der Waals surface area contributed by atoms with Gasteiger partial charge in [-0.15, -0.1) is 0 Å². The maximum Gasteiger partial charge on any atom is 0.262 e. The Balaban J connectivity index is 1.81. The molecule has 0 radical (unpaired) electrons. The Morgan fingerprint density at radius 3 is 2.08 bits per heavy atom. The Morgan fingerprint density at radius 2 is 1.64 bits per heavy atom. The van der Waals surface area contributed by atoms with Crippen molar-refractivity contribution in [1.82, 2.24) is 14.7 Å². The molecule has 1 aliphatic heterocycles. The minimum absolute atomic E-state index is 0.140. The summed E-state index contributed by atoms with van der Waals surface area (Å²) >= 11 is 11.8. The Hall–Kier alpha value is -2.38. The van der Waals surface area contributed by atoms with Crippen molar-refractivity contribution in [3.8, 4) is 0 Å². The Bertz CT molecular complexity index is 895. The van der Waals surface area contributed by atoms with Gasteiger partial charge in [0.15, 0.2) is 0 Å². The van der Waals surface area contributed by atoms with Crippen LogP contribution in [0.3, 0.4) is 0 Å². The summed E-state index contributed by atoms with van der Waals surface area (Å²) in [4.78, 5) is 38.0. The molecule has 1 aromatic carbocycles. The number of amides is 3. The van der Waals surface area contributed by atoms with Gasteiger partial charge < -0.3 is 5.32 Å². The Morgan fingerprint density at radius 1 is 1.12 bits per heavy atom. The number of carbonyl (C=O) groups excluding carboxylic acids is 3. The number of carbonyl (C=O) groups is 3. The molecule has 3 rings (SSSR count). The molecule has 7 nitrogen and oxygen atoms in total. The predicted molar refractivity (Wildman–Crippen MR) is 93.1 cm³/mol. The van der Waals surface area contributed by atoms with Gasteiger partial charge in [-0.25, -0.2) is 0 Å². The zero-order valence-corrected chi connectivity index (χ0v) is 15.2. The minimum Gasteiger partial charge on any atom is -0.321 e. The Labute approximate surface area is 153 Å². The average Bonchev–Trinajstić information content (AvgIpc) is 2.91. The van der Waals surface area contributed by atoms with E-state index in [-0.39, 0.29) is 21.2 Å². The molecule has 130 valence electrons. The highest BCUT2D eigenvalue weighted by molar-refractivity contribution is 6.43. The molecule has 0 aliphatic carbocycles. The van der Waals surface area contributed by atoms with E-state index in [2.05, 4.69) is 10.4 Å². The van der Waals surface area contributed by atoms with Crippen LogP contribution in [0.1, 0.15) is 32.1 Å². The summed E-state index contributed by atoms with van der Waals surface area (Å²) in [6, 6.07) is 2.68. The fraction of sp³-hybridized carbons (Fsp3) is 0.250. The number of halogens is 2. The summed E-state index contributed by atoms with van der Waals surface area (Å²) in [7, 11) is 1.76. The number of nitrogens with one attached hydrogen (secondary N) is 1. The van der Waals surface area contributed by atoms with E-state index < -0.39 is 24.3 Å². The molecule has 0 fully saturated rings. The molecule has 2 heterocycles. The first-order valence-corrected chi connectivity index (χ1v) is 8.11. The fourth-order valence-electron chi connectivity index (χ4n) is 2.70. The van der Waals surface area contributed by atoms with Crippen LogP contribution in [0.5, 0.6) is 0 Å². The van der Waals surface area contributed by atoms with Crippen molar-refractivity contribution in [2.45, 2.75) is 13.8 Å². The summed E-state index contributed by atoms with van der Waals surface area (Å²) in [5.74, 6) is -1.65. The van der Waals surface area contributed by atoms with Crippen molar-refractivity contribution in [1.29, 1.82) is 0 Å². The van der Waals surface area contributed by atoms with Gasteiger partial charge in [-0.1, -0.05) is 23.2 Å². The van der Waals surface area contributed by atoms with Gasteiger partial charge in [0.25, 0.3) is 11.8 Å². The van der Waals surface area contributed by atoms with Crippen molar-refractivity contribution < 1.29 is 14.4 Å². The largest absolute Gasteiger partial charge is 0.321 e. The second kappa shape index (κ2) is 6.16. The van der Waals surface area contributed by atoms with Crippen LogP contribution in [0.25, 0.3) is 0 Å². The van der Waals surface area contributed by atoms with Crippen LogP contribution in [0.15, 0.2) is 12.1 Å². The lowest BCUT2D eigenvalue weighted by Gasteiger charge is -2.13. The van der Waals surface area contributed by atoms with Crippen LogP contribution in [0, 0.1) is 13.8 Å². The van der Waals surface area contributed by atoms with Gasteiger partial charge in [0, 0.05) is 7.05 Å². The summed E-state index contributed by atoms with van der Waals surface area (Å²) < 4.78 is 1.64. The summed E-state index contributed by atoms with van der Waals surface area (Å²) in [5, 5.41) is 7.25. The molecule has 0 saturated heterocycles. The third-order valence-electron chi connectivity index (χ3n) is 4.09. The zero-order chi connectivity index (χ0) is 18.5. The summed E-state index contributed by atoms with van der Waals surface area (Å²) in [6.07, 6.45) is 0. The third kappa shape index (κ3) is 2.89. The maximum atomic E-state index is 12.4. The van der Waals surface area contributed by atoms with Crippen molar-refractivity contribution in [3.63, 3.8) is 0 Å². The van der Waals surface area contributed by atoms with Crippen molar-refractivity contribution in [3.05, 3.63) is 44.7 Å². The van der Waals surface area contributed by atoms with Crippen LogP contribution in [-0.2, 0) is 11.8 Å². The molecule has 0 unspecified atom stereocenters.